The summed E-state index contributed by atoms with van der Waals surface area (Å²) in [6.45, 7) is 3.95. The largest absolute Gasteiger partial charge is 0.328 e. The van der Waals surface area contributed by atoms with Gasteiger partial charge in [-0.2, -0.15) is 5.10 Å². The number of nitrogens with zero attached hydrogens (tertiary/aromatic N) is 2. The van der Waals surface area contributed by atoms with Crippen molar-refractivity contribution < 1.29 is 4.79 Å². The van der Waals surface area contributed by atoms with Gasteiger partial charge in [0.1, 0.15) is 5.82 Å². The van der Waals surface area contributed by atoms with Gasteiger partial charge in [0.15, 0.2) is 0 Å². The summed E-state index contributed by atoms with van der Waals surface area (Å²) in [5, 5.41) is 6.87. The molecule has 0 aromatic carbocycles. The molecule has 0 fully saturated rings. The zero-order valence-corrected chi connectivity index (χ0v) is 10.2. The van der Waals surface area contributed by atoms with Gasteiger partial charge in [0, 0.05) is 24.4 Å². The second-order valence-electron chi connectivity index (χ2n) is 4.15. The number of hydrogen-bond donors (Lipinski definition) is 2. The highest BCUT2D eigenvalue weighted by Gasteiger charge is 2.10. The van der Waals surface area contributed by atoms with Gasteiger partial charge in [-0.1, -0.05) is 0 Å². The van der Waals surface area contributed by atoms with Crippen molar-refractivity contribution in [1.29, 1.82) is 0 Å². The van der Waals surface area contributed by atoms with Crippen LogP contribution in [0.4, 0.5) is 5.82 Å². The highest BCUT2D eigenvalue weighted by Crippen LogP contribution is 2.13. The van der Waals surface area contributed by atoms with Gasteiger partial charge in [0.05, 0.1) is 11.8 Å². The number of rotatable bonds is 3. The van der Waals surface area contributed by atoms with E-state index in [0.29, 0.717) is 11.4 Å². The lowest BCUT2D eigenvalue weighted by Crippen LogP contribution is -2.18. The molecule has 6 nitrogen and oxygen atoms in total. The number of H-pyrrole nitrogens is 1. The van der Waals surface area contributed by atoms with Gasteiger partial charge in [-0.05, 0) is 19.9 Å². The molecule has 0 aliphatic rings. The summed E-state index contributed by atoms with van der Waals surface area (Å²) in [6, 6.07) is 4.67. The molecule has 2 heterocycles. The molecule has 1 amide bonds. The topological polar surface area (TPSA) is 79.8 Å². The molecule has 0 radical (unpaired) electrons. The zero-order chi connectivity index (χ0) is 13.1. The average Bonchev–Trinajstić information content (AvgIpc) is 2.78. The van der Waals surface area contributed by atoms with Gasteiger partial charge in [-0.25, -0.2) is 4.68 Å². The minimum atomic E-state index is -0.284. The molecule has 0 bridgehead atoms. The Bertz CT molecular complexity index is 592. The summed E-state index contributed by atoms with van der Waals surface area (Å²) in [7, 11) is 0. The number of pyridine rings is 1. The predicted molar refractivity (Wildman–Crippen MR) is 67.6 cm³/mol. The van der Waals surface area contributed by atoms with E-state index in [0.717, 1.165) is 0 Å². The quantitative estimate of drug-likeness (QED) is 0.859. The Hall–Kier alpha value is -2.37. The van der Waals surface area contributed by atoms with Crippen molar-refractivity contribution in [3.8, 4) is 0 Å². The highest BCUT2D eigenvalue weighted by atomic mass is 16.2. The number of aromatic nitrogens is 3. The SMILES string of the molecule is CC(C)n1nccc1NC(=O)c1ccc(=O)[nH]c1. The lowest BCUT2D eigenvalue weighted by molar-refractivity contribution is 0.102. The first-order chi connectivity index (χ1) is 8.58. The van der Waals surface area contributed by atoms with E-state index in [1.54, 1.807) is 16.9 Å². The van der Waals surface area contributed by atoms with Gasteiger partial charge < -0.3 is 10.3 Å². The summed E-state index contributed by atoms with van der Waals surface area (Å²) >= 11 is 0. The second kappa shape index (κ2) is 4.87. The molecule has 2 rings (SSSR count). The lowest BCUT2D eigenvalue weighted by Gasteiger charge is -2.11. The average molecular weight is 246 g/mol. The first-order valence-corrected chi connectivity index (χ1v) is 5.61. The number of amides is 1. The standard InChI is InChI=1S/C12H14N4O2/c1-8(2)16-10(5-6-14-16)15-12(18)9-3-4-11(17)13-7-9/h3-8H,1-2H3,(H,13,17)(H,15,18). The highest BCUT2D eigenvalue weighted by molar-refractivity contribution is 6.03. The van der Waals surface area contributed by atoms with E-state index in [2.05, 4.69) is 15.4 Å². The van der Waals surface area contributed by atoms with Gasteiger partial charge >= 0.3 is 0 Å². The van der Waals surface area contributed by atoms with Crippen molar-refractivity contribution in [2.45, 2.75) is 19.9 Å². The molecule has 0 saturated carbocycles. The van der Waals surface area contributed by atoms with Crippen molar-refractivity contribution in [3.63, 3.8) is 0 Å². The number of anilines is 1. The van der Waals surface area contributed by atoms with Crippen LogP contribution in [0.15, 0.2) is 35.4 Å². The molecular formula is C12H14N4O2. The minimum absolute atomic E-state index is 0.158. The maximum Gasteiger partial charge on any atom is 0.258 e. The molecule has 0 spiro atoms. The van der Waals surface area contributed by atoms with Crippen LogP contribution in [-0.4, -0.2) is 20.7 Å². The minimum Gasteiger partial charge on any atom is -0.328 e. The molecule has 0 aliphatic carbocycles. The van der Waals surface area contributed by atoms with Crippen molar-refractivity contribution in [2.24, 2.45) is 0 Å². The van der Waals surface area contributed by atoms with E-state index in [1.165, 1.54) is 18.3 Å². The van der Waals surface area contributed by atoms with Crippen molar-refractivity contribution in [2.75, 3.05) is 5.32 Å². The first kappa shape index (κ1) is 12.1. The van der Waals surface area contributed by atoms with Crippen molar-refractivity contribution >= 4 is 11.7 Å². The van der Waals surface area contributed by atoms with Crippen LogP contribution in [0.3, 0.4) is 0 Å². The number of aromatic amines is 1. The third kappa shape index (κ3) is 2.48. The van der Waals surface area contributed by atoms with Crippen molar-refractivity contribution in [1.82, 2.24) is 14.8 Å². The Morgan fingerprint density at radius 2 is 2.17 bits per heavy atom. The van der Waals surface area contributed by atoms with Gasteiger partial charge in [0.2, 0.25) is 5.56 Å². The smallest absolute Gasteiger partial charge is 0.258 e. The number of carbonyl (C=O) groups is 1. The molecule has 2 N–H and O–H groups in total. The third-order valence-corrected chi connectivity index (χ3v) is 2.45. The summed E-state index contributed by atoms with van der Waals surface area (Å²) in [4.78, 5) is 25.3. The van der Waals surface area contributed by atoms with E-state index in [1.807, 2.05) is 13.8 Å². The fourth-order valence-corrected chi connectivity index (χ4v) is 1.57. The Balaban J connectivity index is 2.19. The fraction of sp³-hybridized carbons (Fsp3) is 0.250. The van der Waals surface area contributed by atoms with Crippen LogP contribution in [0.5, 0.6) is 0 Å². The van der Waals surface area contributed by atoms with Crippen LogP contribution < -0.4 is 10.9 Å². The number of carbonyl (C=O) groups excluding carboxylic acids is 1. The summed E-state index contributed by atoms with van der Waals surface area (Å²) < 4.78 is 1.71. The maximum absolute atomic E-state index is 11.9. The molecule has 18 heavy (non-hydrogen) atoms. The molecular weight excluding hydrogens is 232 g/mol. The van der Waals surface area contributed by atoms with Crippen LogP contribution in [0.2, 0.25) is 0 Å². The normalized spacial score (nSPS) is 10.6. The molecule has 0 aliphatic heterocycles. The Kier molecular flexibility index (Phi) is 3.27. The molecule has 94 valence electrons. The molecule has 0 saturated heterocycles. The number of hydrogen-bond acceptors (Lipinski definition) is 3. The monoisotopic (exact) mass is 246 g/mol. The van der Waals surface area contributed by atoms with Gasteiger partial charge in [-0.15, -0.1) is 0 Å². The molecule has 2 aromatic heterocycles. The second-order valence-corrected chi connectivity index (χ2v) is 4.15. The Morgan fingerprint density at radius 3 is 2.78 bits per heavy atom. The van der Waals surface area contributed by atoms with E-state index in [-0.39, 0.29) is 17.5 Å². The molecule has 6 heteroatoms. The first-order valence-electron chi connectivity index (χ1n) is 5.61. The maximum atomic E-state index is 11.9. The summed E-state index contributed by atoms with van der Waals surface area (Å²) in [5.41, 5.74) is 0.157. The van der Waals surface area contributed by atoms with Crippen LogP contribution in [-0.2, 0) is 0 Å². The molecule has 0 unspecified atom stereocenters. The van der Waals surface area contributed by atoms with Crippen LogP contribution >= 0.6 is 0 Å². The van der Waals surface area contributed by atoms with Crippen LogP contribution in [0.25, 0.3) is 0 Å². The van der Waals surface area contributed by atoms with Crippen LogP contribution in [0, 0.1) is 0 Å². The predicted octanol–water partition coefficient (Wildman–Crippen LogP) is 1.40. The third-order valence-electron chi connectivity index (χ3n) is 2.45. The summed E-state index contributed by atoms with van der Waals surface area (Å²) in [5.74, 6) is 0.342. The number of nitrogens with one attached hydrogen (secondary N) is 2. The summed E-state index contributed by atoms with van der Waals surface area (Å²) in [6.07, 6.45) is 3.01. The zero-order valence-electron chi connectivity index (χ0n) is 10.2. The van der Waals surface area contributed by atoms with Gasteiger partial charge in [-0.3, -0.25) is 9.59 Å². The van der Waals surface area contributed by atoms with E-state index in [9.17, 15) is 9.59 Å². The molecule has 0 atom stereocenters. The molecule has 2 aromatic rings. The van der Waals surface area contributed by atoms with E-state index < -0.39 is 0 Å². The van der Waals surface area contributed by atoms with Gasteiger partial charge in [0.25, 0.3) is 5.91 Å². The van der Waals surface area contributed by atoms with E-state index >= 15 is 0 Å². The van der Waals surface area contributed by atoms with Crippen LogP contribution in [0.1, 0.15) is 30.2 Å². The Labute approximate surface area is 104 Å². The lowest BCUT2D eigenvalue weighted by atomic mass is 10.2. The van der Waals surface area contributed by atoms with Crippen molar-refractivity contribution in [3.05, 3.63) is 46.5 Å². The fourth-order valence-electron chi connectivity index (χ4n) is 1.57. The van der Waals surface area contributed by atoms with E-state index in [4.69, 9.17) is 0 Å². The Morgan fingerprint density at radius 1 is 1.39 bits per heavy atom.